The lowest BCUT2D eigenvalue weighted by Gasteiger charge is -2.41. The molecule has 0 saturated carbocycles. The summed E-state index contributed by atoms with van der Waals surface area (Å²) < 4.78 is 7.09. The minimum atomic E-state index is -0.690. The second-order valence-electron chi connectivity index (χ2n) is 7.57. The van der Waals surface area contributed by atoms with Crippen LogP contribution >= 0.6 is 12.2 Å². The predicted octanol–water partition coefficient (Wildman–Crippen LogP) is 5.63. The third-order valence-electron chi connectivity index (χ3n) is 4.17. The molecule has 2 amide bonds. The molecule has 0 N–H and O–H groups in total. The third kappa shape index (κ3) is 5.21. The van der Waals surface area contributed by atoms with Gasteiger partial charge in [-0.1, -0.05) is 54.6 Å². The number of benzene rings is 3. The highest BCUT2D eigenvalue weighted by Gasteiger charge is 2.37. The van der Waals surface area contributed by atoms with Crippen LogP contribution in [0.15, 0.2) is 91.0 Å². The quantitative estimate of drug-likeness (QED) is 0.305. The average Bonchev–Trinajstić information content (AvgIpc) is 2.77. The first-order valence-electron chi connectivity index (χ1n) is 9.56. The molecule has 6 heteroatoms. The Morgan fingerprint density at radius 3 is 1.60 bits per heavy atom. The van der Waals surface area contributed by atoms with Crippen molar-refractivity contribution in [1.29, 1.82) is 0 Å². The average molecular weight is 421 g/mol. The Balaban J connectivity index is 1.99. The van der Waals surface area contributed by atoms with Crippen molar-refractivity contribution in [3.8, 4) is 5.75 Å². The highest BCUT2D eigenvalue weighted by atomic mass is 32.2. The van der Waals surface area contributed by atoms with Crippen molar-refractivity contribution in [2.45, 2.75) is 26.3 Å². The number of carbonyl (C=O) groups is 2. The van der Waals surface area contributed by atoms with Crippen molar-refractivity contribution in [2.24, 2.45) is 0 Å². The largest absolute Gasteiger partial charge is 0.404 e. The van der Waals surface area contributed by atoms with E-state index in [1.54, 1.807) is 60.7 Å². The zero-order chi connectivity index (χ0) is 21.6. The zero-order valence-electron chi connectivity index (χ0n) is 17.2. The van der Waals surface area contributed by atoms with E-state index in [2.05, 4.69) is 0 Å². The lowest BCUT2D eigenvalue weighted by atomic mass is 10.1. The molecule has 0 aliphatic carbocycles. The highest BCUT2D eigenvalue weighted by Crippen LogP contribution is 2.29. The highest BCUT2D eigenvalue weighted by molar-refractivity contribution is 7.93. The van der Waals surface area contributed by atoms with Gasteiger partial charge in [-0.05, 0) is 57.2 Å². The topological polar surface area (TPSA) is 49.9 Å². The molecule has 0 heterocycles. The Hall–Kier alpha value is -3.25. The fourth-order valence-corrected chi connectivity index (χ4v) is 3.59. The van der Waals surface area contributed by atoms with Crippen LogP contribution in [0.5, 0.6) is 5.75 Å². The molecule has 3 aromatic rings. The molecule has 0 radical (unpaired) electrons. The fourth-order valence-electron chi connectivity index (χ4n) is 2.77. The molecule has 0 fully saturated rings. The van der Waals surface area contributed by atoms with Gasteiger partial charge in [0.25, 0.3) is 11.8 Å². The van der Waals surface area contributed by atoms with E-state index < -0.39 is 5.54 Å². The lowest BCUT2D eigenvalue weighted by Crippen LogP contribution is -2.55. The van der Waals surface area contributed by atoms with Gasteiger partial charge in [-0.3, -0.25) is 9.59 Å². The van der Waals surface area contributed by atoms with Crippen LogP contribution < -0.4 is 4.18 Å². The number of hydrogen-bond donors (Lipinski definition) is 0. The minimum absolute atomic E-state index is 0.295. The molecule has 0 spiro atoms. The molecule has 0 saturated heterocycles. The molecule has 5 nitrogen and oxygen atoms in total. The first kappa shape index (κ1) is 21.5. The summed E-state index contributed by atoms with van der Waals surface area (Å²) >= 11 is 0.824. The minimum Gasteiger partial charge on any atom is -0.404 e. The Labute approximate surface area is 181 Å². The number of hydrogen-bond acceptors (Lipinski definition) is 4. The van der Waals surface area contributed by atoms with Crippen molar-refractivity contribution in [1.82, 2.24) is 9.42 Å². The first-order chi connectivity index (χ1) is 14.4. The first-order valence-corrected chi connectivity index (χ1v) is 10.3. The van der Waals surface area contributed by atoms with Gasteiger partial charge in [0.2, 0.25) is 12.2 Å². The molecular weight excluding hydrogens is 396 g/mol. The molecular formula is C24H24N2O3S. The second kappa shape index (κ2) is 9.50. The van der Waals surface area contributed by atoms with E-state index in [4.69, 9.17) is 4.18 Å². The Morgan fingerprint density at radius 2 is 1.13 bits per heavy atom. The van der Waals surface area contributed by atoms with E-state index >= 15 is 0 Å². The maximum Gasteiger partial charge on any atom is 0.285 e. The van der Waals surface area contributed by atoms with Gasteiger partial charge < -0.3 is 4.18 Å². The summed E-state index contributed by atoms with van der Waals surface area (Å²) in [5.41, 5.74) is 0.250. The molecule has 0 aromatic heterocycles. The van der Waals surface area contributed by atoms with Gasteiger partial charge in [-0.2, -0.15) is 0 Å². The van der Waals surface area contributed by atoms with E-state index in [0.29, 0.717) is 16.9 Å². The van der Waals surface area contributed by atoms with Gasteiger partial charge in [0.1, 0.15) is 5.75 Å². The van der Waals surface area contributed by atoms with Crippen LogP contribution in [0.2, 0.25) is 0 Å². The Morgan fingerprint density at radius 1 is 0.700 bits per heavy atom. The van der Waals surface area contributed by atoms with Gasteiger partial charge in [0, 0.05) is 11.1 Å². The normalized spacial score (nSPS) is 10.9. The van der Waals surface area contributed by atoms with E-state index in [0.717, 1.165) is 12.2 Å². The SMILES string of the molecule is CC(C)(C)N(C(=O)c1ccccc1)N(SOc1ccccc1)C(=O)c1ccccc1. The molecule has 3 rings (SSSR count). The maximum atomic E-state index is 13.4. The molecule has 0 unspecified atom stereocenters. The molecule has 3 aromatic carbocycles. The molecule has 0 aliphatic heterocycles. The summed E-state index contributed by atoms with van der Waals surface area (Å²) in [6.45, 7) is 5.63. The summed E-state index contributed by atoms with van der Waals surface area (Å²) in [7, 11) is 0. The maximum absolute atomic E-state index is 13.4. The molecule has 154 valence electrons. The van der Waals surface area contributed by atoms with E-state index in [1.165, 1.54) is 9.42 Å². The van der Waals surface area contributed by atoms with Gasteiger partial charge in [0.05, 0.1) is 5.54 Å². The van der Waals surface area contributed by atoms with Crippen molar-refractivity contribution >= 4 is 24.0 Å². The summed E-state index contributed by atoms with van der Waals surface area (Å²) in [6, 6.07) is 26.9. The van der Waals surface area contributed by atoms with Crippen molar-refractivity contribution < 1.29 is 13.8 Å². The van der Waals surface area contributed by atoms with E-state index in [-0.39, 0.29) is 11.8 Å². The summed E-state index contributed by atoms with van der Waals surface area (Å²) in [5.74, 6) is -0.0679. The Kier molecular flexibility index (Phi) is 6.79. The Bertz CT molecular complexity index is 974. The van der Waals surface area contributed by atoms with Crippen molar-refractivity contribution in [2.75, 3.05) is 0 Å². The molecule has 30 heavy (non-hydrogen) atoms. The zero-order valence-corrected chi connectivity index (χ0v) is 18.0. The summed E-state index contributed by atoms with van der Waals surface area (Å²) in [4.78, 5) is 26.9. The monoisotopic (exact) mass is 420 g/mol. The van der Waals surface area contributed by atoms with Crippen LogP contribution in [0.1, 0.15) is 41.5 Å². The molecule has 0 bridgehead atoms. The van der Waals surface area contributed by atoms with E-state index in [9.17, 15) is 9.59 Å². The number of para-hydroxylation sites is 1. The van der Waals surface area contributed by atoms with Crippen LogP contribution in [0, 0.1) is 0 Å². The van der Waals surface area contributed by atoms with Crippen LogP contribution in [-0.4, -0.2) is 26.8 Å². The van der Waals surface area contributed by atoms with Crippen molar-refractivity contribution in [3.63, 3.8) is 0 Å². The molecule has 0 aliphatic rings. The molecule has 0 atom stereocenters. The predicted molar refractivity (Wildman–Crippen MR) is 120 cm³/mol. The van der Waals surface area contributed by atoms with Crippen LogP contribution in [-0.2, 0) is 0 Å². The van der Waals surface area contributed by atoms with Crippen molar-refractivity contribution in [3.05, 3.63) is 102 Å². The summed E-state index contributed by atoms with van der Waals surface area (Å²) in [5, 5.41) is 1.44. The smallest absolute Gasteiger partial charge is 0.285 e. The second-order valence-corrected chi connectivity index (χ2v) is 8.23. The van der Waals surface area contributed by atoms with Crippen LogP contribution in [0.3, 0.4) is 0 Å². The number of rotatable bonds is 5. The van der Waals surface area contributed by atoms with Gasteiger partial charge >= 0.3 is 0 Å². The standard InChI is InChI=1S/C24H24N2O3S/c1-24(2,3)25(22(27)19-13-7-4-8-14-19)26(23(28)20-15-9-5-10-16-20)30-29-21-17-11-6-12-18-21/h4-18H,1-3H3. The number of carbonyl (C=O) groups excluding carboxylic acids is 2. The van der Waals surface area contributed by atoms with Crippen LogP contribution in [0.4, 0.5) is 0 Å². The van der Waals surface area contributed by atoms with E-state index in [1.807, 2.05) is 51.1 Å². The fraction of sp³-hybridized carbons (Fsp3) is 0.167. The number of hydrazine groups is 1. The third-order valence-corrected chi connectivity index (χ3v) is 4.91. The van der Waals surface area contributed by atoms with Gasteiger partial charge in [-0.25, -0.2) is 5.01 Å². The van der Waals surface area contributed by atoms with Gasteiger partial charge in [-0.15, -0.1) is 4.41 Å². The summed E-state index contributed by atoms with van der Waals surface area (Å²) in [6.07, 6.45) is 0. The number of amides is 2. The lowest BCUT2D eigenvalue weighted by molar-refractivity contribution is -0.00181. The number of nitrogens with zero attached hydrogens (tertiary/aromatic N) is 2. The van der Waals surface area contributed by atoms with Crippen LogP contribution in [0.25, 0.3) is 0 Å². The van der Waals surface area contributed by atoms with Gasteiger partial charge in [0.15, 0.2) is 0 Å².